The highest BCUT2D eigenvalue weighted by Gasteiger charge is 2.20. The zero-order valence-electron chi connectivity index (χ0n) is 5.74. The summed E-state index contributed by atoms with van der Waals surface area (Å²) in [6.07, 6.45) is 3.82. The molecule has 1 aliphatic rings. The van der Waals surface area contributed by atoms with E-state index in [-0.39, 0.29) is 13.0 Å². The van der Waals surface area contributed by atoms with Gasteiger partial charge in [-0.15, -0.1) is 0 Å². The van der Waals surface area contributed by atoms with Gasteiger partial charge in [-0.2, -0.15) is 0 Å². The largest absolute Gasteiger partial charge is 0.376 e. The molecular formula is C8H18O. The maximum absolute atomic E-state index is 5.47. The molecule has 0 aromatic heterocycles. The van der Waals surface area contributed by atoms with Crippen molar-refractivity contribution in [1.29, 1.82) is 0 Å². The molecule has 0 aromatic carbocycles. The molecule has 1 aliphatic heterocycles. The van der Waals surface area contributed by atoms with E-state index in [1.807, 2.05) is 0 Å². The van der Waals surface area contributed by atoms with Gasteiger partial charge < -0.3 is 4.74 Å². The van der Waals surface area contributed by atoms with Crippen LogP contribution in [0.25, 0.3) is 0 Å². The monoisotopic (exact) mass is 130 g/mol. The summed E-state index contributed by atoms with van der Waals surface area (Å²) in [5.41, 5.74) is 0.179. The lowest BCUT2D eigenvalue weighted by atomic mass is 9.99. The first-order valence-electron chi connectivity index (χ1n) is 3.35. The number of hydrogen-bond acceptors (Lipinski definition) is 1. The van der Waals surface area contributed by atoms with Crippen molar-refractivity contribution in [2.24, 2.45) is 0 Å². The van der Waals surface area contributed by atoms with E-state index in [1.54, 1.807) is 0 Å². The van der Waals surface area contributed by atoms with Crippen LogP contribution in [-0.4, -0.2) is 12.2 Å². The Morgan fingerprint density at radius 2 is 1.89 bits per heavy atom. The van der Waals surface area contributed by atoms with Gasteiger partial charge in [0.05, 0.1) is 5.60 Å². The molecule has 0 radical (unpaired) electrons. The molecule has 0 aromatic rings. The third-order valence-electron chi connectivity index (χ3n) is 1.67. The van der Waals surface area contributed by atoms with E-state index in [1.165, 1.54) is 19.3 Å². The van der Waals surface area contributed by atoms with Crippen LogP contribution in [-0.2, 0) is 4.74 Å². The van der Waals surface area contributed by atoms with Crippen LogP contribution in [0.15, 0.2) is 0 Å². The zero-order chi connectivity index (χ0) is 6.04. The second kappa shape index (κ2) is 3.21. The number of rotatable bonds is 0. The Hall–Kier alpha value is -0.0400. The summed E-state index contributed by atoms with van der Waals surface area (Å²) in [4.78, 5) is 0. The normalized spacial score (nSPS) is 24.7. The van der Waals surface area contributed by atoms with Gasteiger partial charge in [0.1, 0.15) is 0 Å². The molecule has 1 rings (SSSR count). The highest BCUT2D eigenvalue weighted by atomic mass is 16.5. The summed E-state index contributed by atoms with van der Waals surface area (Å²) in [6, 6.07) is 0. The fourth-order valence-electron chi connectivity index (χ4n) is 1.07. The van der Waals surface area contributed by atoms with Crippen molar-refractivity contribution in [2.75, 3.05) is 6.61 Å². The summed E-state index contributed by atoms with van der Waals surface area (Å²) in [5, 5.41) is 0. The van der Waals surface area contributed by atoms with E-state index in [0.717, 1.165) is 6.61 Å². The van der Waals surface area contributed by atoms with E-state index < -0.39 is 0 Å². The van der Waals surface area contributed by atoms with Crippen molar-refractivity contribution in [3.8, 4) is 0 Å². The highest BCUT2D eigenvalue weighted by molar-refractivity contribution is 4.71. The first-order chi connectivity index (χ1) is 3.71. The molecule has 0 atom stereocenters. The summed E-state index contributed by atoms with van der Waals surface area (Å²) < 4.78 is 5.47. The lowest BCUT2D eigenvalue weighted by molar-refractivity contribution is -0.0511. The van der Waals surface area contributed by atoms with E-state index in [0.29, 0.717) is 0 Å². The van der Waals surface area contributed by atoms with Gasteiger partial charge in [0.15, 0.2) is 0 Å². The van der Waals surface area contributed by atoms with Gasteiger partial charge in [-0.25, -0.2) is 0 Å². The first kappa shape index (κ1) is 8.96. The van der Waals surface area contributed by atoms with Gasteiger partial charge in [-0.3, -0.25) is 0 Å². The maximum atomic E-state index is 5.47. The SMILES string of the molecule is C.CC1(C)CCCCO1. The maximum Gasteiger partial charge on any atom is 0.0626 e. The standard InChI is InChI=1S/C7H14O.CH4/c1-7(2)5-3-4-6-8-7;/h3-6H2,1-2H3;1H4. The van der Waals surface area contributed by atoms with E-state index in [2.05, 4.69) is 13.8 Å². The average Bonchev–Trinajstić information content (AvgIpc) is 1.65. The van der Waals surface area contributed by atoms with Crippen molar-refractivity contribution in [2.45, 2.75) is 46.1 Å². The number of hydrogen-bond donors (Lipinski definition) is 0. The minimum Gasteiger partial charge on any atom is -0.376 e. The minimum atomic E-state index is 0. The minimum absolute atomic E-state index is 0. The molecule has 0 unspecified atom stereocenters. The van der Waals surface area contributed by atoms with E-state index in [4.69, 9.17) is 4.74 Å². The lowest BCUT2D eigenvalue weighted by Crippen LogP contribution is -2.28. The molecule has 1 heterocycles. The van der Waals surface area contributed by atoms with Gasteiger partial charge in [0.2, 0.25) is 0 Å². The fourth-order valence-corrected chi connectivity index (χ4v) is 1.07. The van der Waals surface area contributed by atoms with Crippen molar-refractivity contribution in [3.63, 3.8) is 0 Å². The molecule has 0 saturated carbocycles. The molecule has 1 nitrogen and oxygen atoms in total. The van der Waals surface area contributed by atoms with Crippen LogP contribution < -0.4 is 0 Å². The van der Waals surface area contributed by atoms with Crippen LogP contribution in [0, 0.1) is 0 Å². The highest BCUT2D eigenvalue weighted by Crippen LogP contribution is 2.22. The molecule has 0 amide bonds. The average molecular weight is 130 g/mol. The molecule has 1 fully saturated rings. The Morgan fingerprint density at radius 3 is 2.11 bits per heavy atom. The predicted octanol–water partition coefficient (Wildman–Crippen LogP) is 2.60. The van der Waals surface area contributed by atoms with Crippen LogP contribution in [0.2, 0.25) is 0 Å². The third-order valence-corrected chi connectivity index (χ3v) is 1.67. The topological polar surface area (TPSA) is 9.23 Å². The molecular weight excluding hydrogens is 112 g/mol. The Bertz CT molecular complexity index is 68.6. The Labute approximate surface area is 58.4 Å². The van der Waals surface area contributed by atoms with Gasteiger partial charge in [0, 0.05) is 6.61 Å². The Kier molecular flexibility index (Phi) is 3.20. The van der Waals surface area contributed by atoms with Crippen molar-refractivity contribution in [1.82, 2.24) is 0 Å². The summed E-state index contributed by atoms with van der Waals surface area (Å²) in [7, 11) is 0. The molecule has 9 heavy (non-hydrogen) atoms. The summed E-state index contributed by atoms with van der Waals surface area (Å²) in [5.74, 6) is 0. The molecule has 1 saturated heterocycles. The predicted molar refractivity (Wildman–Crippen MR) is 40.6 cm³/mol. The van der Waals surface area contributed by atoms with Crippen LogP contribution in [0.1, 0.15) is 40.5 Å². The Balaban J connectivity index is 0.000000640. The molecule has 0 bridgehead atoms. The molecule has 0 N–H and O–H groups in total. The van der Waals surface area contributed by atoms with Crippen LogP contribution in [0.5, 0.6) is 0 Å². The van der Waals surface area contributed by atoms with Crippen molar-refractivity contribution < 1.29 is 4.74 Å². The van der Waals surface area contributed by atoms with Gasteiger partial charge in [0.25, 0.3) is 0 Å². The molecule has 0 aliphatic carbocycles. The third kappa shape index (κ3) is 2.85. The summed E-state index contributed by atoms with van der Waals surface area (Å²) >= 11 is 0. The van der Waals surface area contributed by atoms with Gasteiger partial charge in [-0.1, -0.05) is 7.43 Å². The quantitative estimate of drug-likeness (QED) is 0.489. The molecule has 0 spiro atoms. The van der Waals surface area contributed by atoms with Gasteiger partial charge >= 0.3 is 0 Å². The second-order valence-electron chi connectivity index (χ2n) is 3.07. The zero-order valence-corrected chi connectivity index (χ0v) is 5.74. The van der Waals surface area contributed by atoms with E-state index in [9.17, 15) is 0 Å². The van der Waals surface area contributed by atoms with Crippen LogP contribution in [0.4, 0.5) is 0 Å². The van der Waals surface area contributed by atoms with Crippen LogP contribution in [0.3, 0.4) is 0 Å². The van der Waals surface area contributed by atoms with E-state index >= 15 is 0 Å². The summed E-state index contributed by atoms with van der Waals surface area (Å²) in [6.45, 7) is 5.28. The molecule has 1 heteroatoms. The Morgan fingerprint density at radius 1 is 1.22 bits per heavy atom. The fraction of sp³-hybridized carbons (Fsp3) is 1.00. The van der Waals surface area contributed by atoms with Gasteiger partial charge in [-0.05, 0) is 33.1 Å². The first-order valence-corrected chi connectivity index (χ1v) is 3.35. The second-order valence-corrected chi connectivity index (χ2v) is 3.07. The smallest absolute Gasteiger partial charge is 0.0626 e. The lowest BCUT2D eigenvalue weighted by Gasteiger charge is -2.29. The number of ether oxygens (including phenoxy) is 1. The van der Waals surface area contributed by atoms with Crippen LogP contribution >= 0.6 is 0 Å². The van der Waals surface area contributed by atoms with Crippen molar-refractivity contribution in [3.05, 3.63) is 0 Å². The van der Waals surface area contributed by atoms with Crippen molar-refractivity contribution >= 4 is 0 Å². The molecule has 56 valence electrons.